The first kappa shape index (κ1) is 17.2. The molecule has 0 bridgehead atoms. The minimum atomic E-state index is 0.0969. The second kappa shape index (κ2) is 9.03. The highest BCUT2D eigenvalue weighted by Gasteiger charge is 2.15. The van der Waals surface area contributed by atoms with E-state index in [9.17, 15) is 4.79 Å². The molecule has 1 fully saturated rings. The van der Waals surface area contributed by atoms with Crippen LogP contribution < -0.4 is 10.6 Å². The van der Waals surface area contributed by atoms with Crippen molar-refractivity contribution in [2.75, 3.05) is 11.1 Å². The fraction of sp³-hybridized carbons (Fsp3) is 0.471. The van der Waals surface area contributed by atoms with Crippen molar-refractivity contribution in [2.24, 2.45) is 0 Å². The smallest absolute Gasteiger partial charge is 0.230 e. The molecule has 0 saturated heterocycles. The monoisotopic (exact) mass is 362 g/mol. The van der Waals surface area contributed by atoms with Crippen molar-refractivity contribution in [1.82, 2.24) is 15.5 Å². The molecule has 0 spiro atoms. The predicted molar refractivity (Wildman–Crippen MR) is 100.0 cm³/mol. The number of anilines is 2. The molecule has 1 aliphatic rings. The Morgan fingerprint density at radius 1 is 1.12 bits per heavy atom. The van der Waals surface area contributed by atoms with E-state index in [0.29, 0.717) is 11.8 Å². The molecule has 0 unspecified atom stereocenters. The van der Waals surface area contributed by atoms with Gasteiger partial charge in [-0.15, -0.1) is 10.2 Å². The Labute approximate surface area is 150 Å². The molecule has 7 heteroatoms. The van der Waals surface area contributed by atoms with Gasteiger partial charge in [0.25, 0.3) is 0 Å². The third-order valence-electron chi connectivity index (χ3n) is 3.98. The summed E-state index contributed by atoms with van der Waals surface area (Å²) in [5.74, 6) is 0.496. The van der Waals surface area contributed by atoms with Crippen LogP contribution in [0.1, 0.15) is 38.5 Å². The summed E-state index contributed by atoms with van der Waals surface area (Å²) >= 11 is 2.92. The molecule has 2 aromatic rings. The Balaban J connectivity index is 1.44. The van der Waals surface area contributed by atoms with Crippen molar-refractivity contribution in [3.63, 3.8) is 0 Å². The molecule has 2 N–H and O–H groups in total. The van der Waals surface area contributed by atoms with E-state index < -0.39 is 0 Å². The first-order chi connectivity index (χ1) is 11.8. The van der Waals surface area contributed by atoms with E-state index in [4.69, 9.17) is 0 Å². The van der Waals surface area contributed by atoms with Gasteiger partial charge in [0.1, 0.15) is 0 Å². The Morgan fingerprint density at radius 2 is 1.88 bits per heavy atom. The maximum Gasteiger partial charge on any atom is 0.230 e. The van der Waals surface area contributed by atoms with E-state index in [1.54, 1.807) is 0 Å². The summed E-state index contributed by atoms with van der Waals surface area (Å²) < 4.78 is 0.810. The van der Waals surface area contributed by atoms with Crippen LogP contribution in [0.15, 0.2) is 34.7 Å². The van der Waals surface area contributed by atoms with Gasteiger partial charge in [-0.2, -0.15) is 0 Å². The molecule has 0 atom stereocenters. The van der Waals surface area contributed by atoms with Crippen molar-refractivity contribution < 1.29 is 4.79 Å². The lowest BCUT2D eigenvalue weighted by molar-refractivity contribution is -0.119. The molecule has 1 heterocycles. The van der Waals surface area contributed by atoms with Gasteiger partial charge in [0, 0.05) is 11.7 Å². The van der Waals surface area contributed by atoms with Crippen LogP contribution in [-0.4, -0.2) is 27.9 Å². The van der Waals surface area contributed by atoms with Gasteiger partial charge in [-0.1, -0.05) is 67.0 Å². The highest BCUT2D eigenvalue weighted by Crippen LogP contribution is 2.27. The molecule has 1 aliphatic carbocycles. The van der Waals surface area contributed by atoms with Gasteiger partial charge in [0.05, 0.1) is 5.75 Å². The number of aromatic nitrogens is 2. The zero-order chi connectivity index (χ0) is 16.6. The van der Waals surface area contributed by atoms with Crippen LogP contribution >= 0.6 is 23.1 Å². The molecule has 1 aromatic heterocycles. The van der Waals surface area contributed by atoms with E-state index in [1.165, 1.54) is 48.8 Å². The van der Waals surface area contributed by atoms with Crippen LogP contribution in [0.25, 0.3) is 0 Å². The van der Waals surface area contributed by atoms with Crippen LogP contribution in [0.2, 0.25) is 0 Å². The van der Waals surface area contributed by atoms with Crippen molar-refractivity contribution in [2.45, 2.75) is 48.9 Å². The van der Waals surface area contributed by atoms with Gasteiger partial charge in [-0.05, 0) is 25.0 Å². The van der Waals surface area contributed by atoms with Crippen LogP contribution in [-0.2, 0) is 4.79 Å². The number of amides is 1. The highest BCUT2D eigenvalue weighted by molar-refractivity contribution is 8.01. The number of benzene rings is 1. The molecule has 3 rings (SSSR count). The molecule has 1 aromatic carbocycles. The third kappa shape index (κ3) is 5.49. The van der Waals surface area contributed by atoms with Crippen molar-refractivity contribution >= 4 is 39.8 Å². The van der Waals surface area contributed by atoms with Gasteiger partial charge in [0.15, 0.2) is 4.34 Å². The highest BCUT2D eigenvalue weighted by atomic mass is 32.2. The third-order valence-corrected chi connectivity index (χ3v) is 5.95. The van der Waals surface area contributed by atoms with Gasteiger partial charge in [-0.25, -0.2) is 0 Å². The second-order valence-corrected chi connectivity index (χ2v) is 8.11. The minimum Gasteiger partial charge on any atom is -0.353 e. The fourth-order valence-electron chi connectivity index (χ4n) is 2.78. The van der Waals surface area contributed by atoms with Crippen molar-refractivity contribution in [3.05, 3.63) is 30.3 Å². The zero-order valence-corrected chi connectivity index (χ0v) is 15.2. The molecule has 1 amide bonds. The lowest BCUT2D eigenvalue weighted by atomic mass is 10.1. The SMILES string of the molecule is O=C(CSc1nnc(Nc2ccccc2)s1)NC1CCCCCC1. The normalized spacial score (nSPS) is 15.7. The average molecular weight is 363 g/mol. The Kier molecular flexibility index (Phi) is 6.48. The maximum absolute atomic E-state index is 12.1. The predicted octanol–water partition coefficient (Wildman–Crippen LogP) is 4.21. The summed E-state index contributed by atoms with van der Waals surface area (Å²) in [5.41, 5.74) is 0.983. The molecule has 0 aliphatic heterocycles. The maximum atomic E-state index is 12.1. The Morgan fingerprint density at radius 3 is 2.62 bits per heavy atom. The van der Waals surface area contributed by atoms with E-state index in [2.05, 4.69) is 20.8 Å². The van der Waals surface area contributed by atoms with Crippen LogP contribution in [0.5, 0.6) is 0 Å². The number of hydrogen-bond acceptors (Lipinski definition) is 6. The summed E-state index contributed by atoms with van der Waals surface area (Å²) in [5, 5.41) is 15.4. The molecule has 128 valence electrons. The lowest BCUT2D eigenvalue weighted by Gasteiger charge is -2.15. The Bertz CT molecular complexity index is 639. The number of rotatable bonds is 6. The standard InChI is InChI=1S/C17H22N4OS2/c22-15(18-13-8-4-1-2-5-9-13)12-23-17-21-20-16(24-17)19-14-10-6-3-7-11-14/h3,6-7,10-11,13H,1-2,4-5,8-9,12H2,(H,18,22)(H,19,20). The van der Waals surface area contributed by atoms with E-state index in [-0.39, 0.29) is 5.91 Å². The van der Waals surface area contributed by atoms with Gasteiger partial charge < -0.3 is 10.6 Å². The van der Waals surface area contributed by atoms with E-state index in [0.717, 1.165) is 28.0 Å². The topological polar surface area (TPSA) is 66.9 Å². The quantitative estimate of drug-likeness (QED) is 0.595. The van der Waals surface area contributed by atoms with Crippen LogP contribution in [0, 0.1) is 0 Å². The van der Waals surface area contributed by atoms with Gasteiger partial charge >= 0.3 is 0 Å². The molecule has 24 heavy (non-hydrogen) atoms. The second-order valence-electron chi connectivity index (χ2n) is 5.91. The lowest BCUT2D eigenvalue weighted by Crippen LogP contribution is -2.35. The van der Waals surface area contributed by atoms with Crippen LogP contribution in [0.3, 0.4) is 0 Å². The van der Waals surface area contributed by atoms with Gasteiger partial charge in [0.2, 0.25) is 11.0 Å². The molecular weight excluding hydrogens is 340 g/mol. The summed E-state index contributed by atoms with van der Waals surface area (Å²) in [6, 6.07) is 10.2. The number of nitrogens with zero attached hydrogens (tertiary/aromatic N) is 2. The molecule has 5 nitrogen and oxygen atoms in total. The summed E-state index contributed by atoms with van der Waals surface area (Å²) in [7, 11) is 0. The first-order valence-corrected chi connectivity index (χ1v) is 10.2. The molecule has 1 saturated carbocycles. The zero-order valence-electron chi connectivity index (χ0n) is 13.5. The molecule has 0 radical (unpaired) electrons. The fourth-order valence-corrected chi connectivity index (χ4v) is 4.37. The average Bonchev–Trinajstić information content (AvgIpc) is 2.88. The van der Waals surface area contributed by atoms with E-state index >= 15 is 0 Å². The number of nitrogens with one attached hydrogen (secondary N) is 2. The molecular formula is C17H22N4OS2. The first-order valence-electron chi connectivity index (χ1n) is 8.37. The van der Waals surface area contributed by atoms with E-state index in [1.807, 2.05) is 30.3 Å². The summed E-state index contributed by atoms with van der Waals surface area (Å²) in [6.45, 7) is 0. The number of para-hydroxylation sites is 1. The van der Waals surface area contributed by atoms with Crippen molar-refractivity contribution in [3.8, 4) is 0 Å². The summed E-state index contributed by atoms with van der Waals surface area (Å²) in [6.07, 6.45) is 7.26. The number of thioether (sulfide) groups is 1. The number of carbonyl (C=O) groups excluding carboxylic acids is 1. The summed E-state index contributed by atoms with van der Waals surface area (Å²) in [4.78, 5) is 12.1. The minimum absolute atomic E-state index is 0.0969. The Hall–Kier alpha value is -1.60. The number of hydrogen-bond donors (Lipinski definition) is 2. The van der Waals surface area contributed by atoms with Gasteiger partial charge in [-0.3, -0.25) is 4.79 Å². The van der Waals surface area contributed by atoms with Crippen molar-refractivity contribution in [1.29, 1.82) is 0 Å². The van der Waals surface area contributed by atoms with Crippen LogP contribution in [0.4, 0.5) is 10.8 Å². The largest absolute Gasteiger partial charge is 0.353 e. The number of carbonyl (C=O) groups is 1.